The maximum absolute atomic E-state index is 12.0. The largest absolute Gasteiger partial charge is 0.383 e. The minimum atomic E-state index is -0.186. The zero-order chi connectivity index (χ0) is 13.1. The number of rotatable bonds is 4. The van der Waals surface area contributed by atoms with Gasteiger partial charge in [-0.1, -0.05) is 0 Å². The van der Waals surface area contributed by atoms with Gasteiger partial charge in [0.15, 0.2) is 0 Å². The van der Waals surface area contributed by atoms with Crippen molar-refractivity contribution in [2.45, 2.75) is 12.5 Å². The van der Waals surface area contributed by atoms with Crippen LogP contribution in [0.5, 0.6) is 0 Å². The molecule has 1 atom stereocenters. The lowest BCUT2D eigenvalue weighted by Gasteiger charge is -2.31. The van der Waals surface area contributed by atoms with Gasteiger partial charge in [0.2, 0.25) is 5.91 Å². The van der Waals surface area contributed by atoms with E-state index in [0.29, 0.717) is 25.3 Å². The molecule has 97 valence electrons. The predicted octanol–water partition coefficient (Wildman–Crippen LogP) is 1.04. The number of anilines is 1. The number of nitrogens with one attached hydrogen (secondary N) is 2. The summed E-state index contributed by atoms with van der Waals surface area (Å²) in [4.78, 5) is 14.0. The van der Waals surface area contributed by atoms with Crippen LogP contribution in [0.1, 0.15) is 5.56 Å². The Morgan fingerprint density at radius 3 is 3.06 bits per heavy atom. The number of benzene rings is 1. The summed E-state index contributed by atoms with van der Waals surface area (Å²) in [7, 11) is 3.56. The summed E-state index contributed by atoms with van der Waals surface area (Å²) in [6, 6.07) is 5.11. The Hall–Kier alpha value is -1.59. The van der Waals surface area contributed by atoms with E-state index >= 15 is 0 Å². The highest BCUT2D eigenvalue weighted by atomic mass is 16.5. The van der Waals surface area contributed by atoms with E-state index in [-0.39, 0.29) is 11.9 Å². The molecule has 1 heterocycles. The SMILES string of the molecule is COCCN(C)C1Cc2cc([NH])ccc2NC1=O. The maximum atomic E-state index is 12.0. The molecule has 0 fully saturated rings. The number of ether oxygens (including phenoxy) is 1. The highest BCUT2D eigenvalue weighted by molar-refractivity contribution is 5.98. The van der Waals surface area contributed by atoms with Crippen LogP contribution in [0.3, 0.4) is 0 Å². The van der Waals surface area contributed by atoms with Gasteiger partial charge in [0, 0.05) is 19.3 Å². The first kappa shape index (κ1) is 12.9. The molecule has 1 amide bonds. The standard InChI is InChI=1S/C13H18N3O2/c1-16(5-6-18-2)12-8-9-7-10(14)3-4-11(9)15-13(12)17/h3-4,7,12,14H,5-6,8H2,1-2H3,(H,15,17). The molecule has 0 saturated carbocycles. The first-order chi connectivity index (χ1) is 8.61. The van der Waals surface area contributed by atoms with Gasteiger partial charge >= 0.3 is 0 Å². The summed E-state index contributed by atoms with van der Waals surface area (Å²) in [6.45, 7) is 1.32. The molecule has 5 nitrogen and oxygen atoms in total. The van der Waals surface area contributed by atoms with Crippen molar-refractivity contribution >= 4 is 17.3 Å². The molecule has 0 spiro atoms. The number of hydrogen-bond acceptors (Lipinski definition) is 3. The lowest BCUT2D eigenvalue weighted by molar-refractivity contribution is -0.121. The number of carbonyl (C=O) groups excluding carboxylic acids is 1. The van der Waals surface area contributed by atoms with Gasteiger partial charge < -0.3 is 15.8 Å². The molecule has 0 aliphatic carbocycles. The van der Waals surface area contributed by atoms with Crippen molar-refractivity contribution in [1.82, 2.24) is 10.6 Å². The van der Waals surface area contributed by atoms with Gasteiger partial charge in [-0.15, -0.1) is 0 Å². The second-order valence-electron chi connectivity index (χ2n) is 4.55. The fraction of sp³-hybridized carbons (Fsp3) is 0.462. The van der Waals surface area contributed by atoms with E-state index in [9.17, 15) is 4.79 Å². The van der Waals surface area contributed by atoms with Crippen molar-refractivity contribution < 1.29 is 9.53 Å². The fourth-order valence-corrected chi connectivity index (χ4v) is 2.15. The number of fused-ring (bicyclic) bond motifs is 1. The molecule has 18 heavy (non-hydrogen) atoms. The van der Waals surface area contributed by atoms with Gasteiger partial charge in [-0.3, -0.25) is 9.69 Å². The van der Waals surface area contributed by atoms with Crippen molar-refractivity contribution in [2.75, 3.05) is 32.6 Å². The summed E-state index contributed by atoms with van der Waals surface area (Å²) in [5.74, 6) is 0.0128. The highest BCUT2D eigenvalue weighted by Gasteiger charge is 2.29. The van der Waals surface area contributed by atoms with Crippen molar-refractivity contribution in [3.8, 4) is 0 Å². The summed E-state index contributed by atoms with van der Waals surface area (Å²) in [5, 5.41) is 2.89. The summed E-state index contributed by atoms with van der Waals surface area (Å²) < 4.78 is 5.02. The van der Waals surface area contributed by atoms with Crippen LogP contribution in [-0.4, -0.2) is 44.2 Å². The van der Waals surface area contributed by atoms with E-state index in [1.54, 1.807) is 19.2 Å². The third-order valence-corrected chi connectivity index (χ3v) is 3.26. The molecule has 1 unspecified atom stereocenters. The molecule has 1 aliphatic heterocycles. The molecular formula is C13H18N3O2. The zero-order valence-electron chi connectivity index (χ0n) is 10.7. The number of carbonyl (C=O) groups is 1. The minimum Gasteiger partial charge on any atom is -0.383 e. The molecular weight excluding hydrogens is 230 g/mol. The molecule has 1 aromatic carbocycles. The normalized spacial score (nSPS) is 18.6. The number of likely N-dealkylation sites (N-methyl/N-ethyl adjacent to an activating group) is 1. The van der Waals surface area contributed by atoms with Crippen molar-refractivity contribution in [3.05, 3.63) is 23.8 Å². The van der Waals surface area contributed by atoms with E-state index in [1.807, 2.05) is 18.0 Å². The van der Waals surface area contributed by atoms with Crippen molar-refractivity contribution in [2.24, 2.45) is 0 Å². The van der Waals surface area contributed by atoms with Crippen molar-refractivity contribution in [1.29, 1.82) is 0 Å². The Morgan fingerprint density at radius 1 is 1.56 bits per heavy atom. The number of nitrogens with zero attached hydrogens (tertiary/aromatic N) is 1. The van der Waals surface area contributed by atoms with Crippen LogP contribution in [0.4, 0.5) is 11.4 Å². The number of hydrogen-bond donors (Lipinski definition) is 1. The lowest BCUT2D eigenvalue weighted by atomic mass is 9.97. The molecule has 0 aromatic heterocycles. The van der Waals surface area contributed by atoms with Gasteiger partial charge in [0.1, 0.15) is 0 Å². The van der Waals surface area contributed by atoms with E-state index in [2.05, 4.69) is 5.32 Å². The maximum Gasteiger partial charge on any atom is 0.242 e. The Labute approximate surface area is 107 Å². The minimum absolute atomic E-state index is 0.0128. The Kier molecular flexibility index (Phi) is 3.84. The molecule has 1 radical (unpaired) electrons. The third kappa shape index (κ3) is 2.63. The summed E-state index contributed by atoms with van der Waals surface area (Å²) in [5.41, 5.74) is 9.95. The molecule has 0 bridgehead atoms. The van der Waals surface area contributed by atoms with Crippen LogP contribution in [0, 0.1) is 0 Å². The van der Waals surface area contributed by atoms with Crippen LogP contribution < -0.4 is 11.1 Å². The van der Waals surface area contributed by atoms with Crippen molar-refractivity contribution in [3.63, 3.8) is 0 Å². The summed E-state index contributed by atoms with van der Waals surface area (Å²) in [6.07, 6.45) is 0.647. The van der Waals surface area contributed by atoms with E-state index in [4.69, 9.17) is 10.5 Å². The van der Waals surface area contributed by atoms with Crippen LogP contribution in [-0.2, 0) is 16.0 Å². The Morgan fingerprint density at radius 2 is 2.33 bits per heavy atom. The number of amides is 1. The first-order valence-corrected chi connectivity index (χ1v) is 5.96. The smallest absolute Gasteiger partial charge is 0.242 e. The second-order valence-corrected chi connectivity index (χ2v) is 4.55. The molecule has 0 saturated heterocycles. The Balaban J connectivity index is 2.14. The predicted molar refractivity (Wildman–Crippen MR) is 69.8 cm³/mol. The quantitative estimate of drug-likeness (QED) is 0.866. The van der Waals surface area contributed by atoms with Gasteiger partial charge in [0.25, 0.3) is 0 Å². The monoisotopic (exact) mass is 248 g/mol. The lowest BCUT2D eigenvalue weighted by Crippen LogP contribution is -2.47. The molecule has 1 aliphatic rings. The van der Waals surface area contributed by atoms with Gasteiger partial charge in [0.05, 0.1) is 18.3 Å². The van der Waals surface area contributed by atoms with Crippen LogP contribution >= 0.6 is 0 Å². The molecule has 1 aromatic rings. The topological polar surface area (TPSA) is 65.4 Å². The van der Waals surface area contributed by atoms with Gasteiger partial charge in [-0.25, -0.2) is 0 Å². The highest BCUT2D eigenvalue weighted by Crippen LogP contribution is 2.26. The summed E-state index contributed by atoms with van der Waals surface area (Å²) >= 11 is 0. The van der Waals surface area contributed by atoms with Gasteiger partial charge in [-0.05, 0) is 37.2 Å². The third-order valence-electron chi connectivity index (χ3n) is 3.26. The molecule has 5 heteroatoms. The first-order valence-electron chi connectivity index (χ1n) is 5.96. The van der Waals surface area contributed by atoms with Crippen LogP contribution in [0.25, 0.3) is 0 Å². The van der Waals surface area contributed by atoms with Gasteiger partial charge in [-0.2, -0.15) is 0 Å². The van der Waals surface area contributed by atoms with Crippen LogP contribution in [0.15, 0.2) is 18.2 Å². The Bertz CT molecular complexity index is 448. The van der Waals surface area contributed by atoms with E-state index in [0.717, 1.165) is 11.3 Å². The van der Waals surface area contributed by atoms with E-state index in [1.165, 1.54) is 0 Å². The zero-order valence-corrected chi connectivity index (χ0v) is 10.7. The second kappa shape index (κ2) is 5.37. The fourth-order valence-electron chi connectivity index (χ4n) is 2.15. The van der Waals surface area contributed by atoms with E-state index < -0.39 is 0 Å². The molecule has 2 N–H and O–H groups in total. The molecule has 2 rings (SSSR count). The average molecular weight is 248 g/mol. The average Bonchev–Trinajstić information content (AvgIpc) is 2.35. The number of methoxy groups -OCH3 is 1. The van der Waals surface area contributed by atoms with Crippen LogP contribution in [0.2, 0.25) is 0 Å².